The van der Waals surface area contributed by atoms with E-state index in [1.807, 2.05) is 12.1 Å². The summed E-state index contributed by atoms with van der Waals surface area (Å²) in [6, 6.07) is 22.3. The van der Waals surface area contributed by atoms with Gasteiger partial charge in [-0.3, -0.25) is 0 Å². The number of aryl methyl sites for hydroxylation is 2. The van der Waals surface area contributed by atoms with E-state index < -0.39 is 0 Å². The van der Waals surface area contributed by atoms with Gasteiger partial charge in [-0.25, -0.2) is 0 Å². The summed E-state index contributed by atoms with van der Waals surface area (Å²) >= 11 is 0. The van der Waals surface area contributed by atoms with Crippen LogP contribution in [0.1, 0.15) is 11.3 Å². The Morgan fingerprint density at radius 1 is 0.824 bits per heavy atom. The first-order valence-electron chi connectivity index (χ1n) is 5.95. The Bertz CT molecular complexity index is 575. The number of H-pyrrole nitrogens is 1. The molecule has 1 heterocycles. The predicted octanol–water partition coefficient (Wildman–Crippen LogP) is 3.75. The number of benzene rings is 2. The van der Waals surface area contributed by atoms with Crippen LogP contribution >= 0.6 is 0 Å². The zero-order valence-electron chi connectivity index (χ0n) is 9.61. The monoisotopic (exact) mass is 220 g/mol. The van der Waals surface area contributed by atoms with Crippen LogP contribution in [0.15, 0.2) is 54.6 Å². The van der Waals surface area contributed by atoms with Crippen LogP contribution in [0.2, 0.25) is 0 Å². The first kappa shape index (κ1) is 10.2. The molecule has 0 aliphatic carbocycles. The lowest BCUT2D eigenvalue weighted by atomic mass is 10.1. The lowest BCUT2D eigenvalue weighted by Gasteiger charge is -1.98. The topological polar surface area (TPSA) is 15.8 Å². The SMILES string of the molecule is [c]1c(CCc2ccccc2)[nH]c2ccccc12. The Labute approximate surface area is 101 Å². The zero-order chi connectivity index (χ0) is 11.5. The summed E-state index contributed by atoms with van der Waals surface area (Å²) in [4.78, 5) is 3.41. The van der Waals surface area contributed by atoms with Gasteiger partial charge in [0.15, 0.2) is 0 Å². The van der Waals surface area contributed by atoms with Gasteiger partial charge < -0.3 is 4.98 Å². The van der Waals surface area contributed by atoms with Crippen LogP contribution in [0.3, 0.4) is 0 Å². The molecule has 0 aliphatic heterocycles. The average molecular weight is 220 g/mol. The maximum Gasteiger partial charge on any atom is 0.0462 e. The molecule has 0 saturated carbocycles. The Kier molecular flexibility index (Phi) is 2.66. The fourth-order valence-electron chi connectivity index (χ4n) is 2.10. The number of rotatable bonds is 3. The van der Waals surface area contributed by atoms with Crippen molar-refractivity contribution in [3.63, 3.8) is 0 Å². The van der Waals surface area contributed by atoms with Gasteiger partial charge in [0.1, 0.15) is 0 Å². The summed E-state index contributed by atoms with van der Waals surface area (Å²) in [6.07, 6.45) is 2.07. The predicted molar refractivity (Wildman–Crippen MR) is 71.0 cm³/mol. The van der Waals surface area contributed by atoms with Gasteiger partial charge in [-0.1, -0.05) is 48.5 Å². The van der Waals surface area contributed by atoms with Crippen LogP contribution in [0.4, 0.5) is 0 Å². The molecule has 0 fully saturated rings. The third kappa shape index (κ3) is 2.23. The average Bonchev–Trinajstić information content (AvgIpc) is 2.80. The second-order valence-corrected chi connectivity index (χ2v) is 4.26. The van der Waals surface area contributed by atoms with Crippen molar-refractivity contribution < 1.29 is 0 Å². The third-order valence-corrected chi connectivity index (χ3v) is 3.00. The highest BCUT2D eigenvalue weighted by atomic mass is 14.7. The normalized spacial score (nSPS) is 10.8. The molecule has 17 heavy (non-hydrogen) atoms. The van der Waals surface area contributed by atoms with E-state index in [0.717, 1.165) is 12.8 Å². The fraction of sp³-hybridized carbons (Fsp3) is 0.125. The number of hydrogen-bond donors (Lipinski definition) is 1. The van der Waals surface area contributed by atoms with Gasteiger partial charge in [-0.2, -0.15) is 0 Å². The Morgan fingerprint density at radius 2 is 1.59 bits per heavy atom. The van der Waals surface area contributed by atoms with Crippen LogP contribution in [-0.2, 0) is 12.8 Å². The molecule has 0 bridgehead atoms. The van der Waals surface area contributed by atoms with Gasteiger partial charge in [0.2, 0.25) is 0 Å². The molecule has 1 heteroatoms. The number of para-hydroxylation sites is 1. The molecule has 0 atom stereocenters. The summed E-state index contributed by atoms with van der Waals surface area (Å²) in [5.74, 6) is 0. The van der Waals surface area contributed by atoms with Crippen molar-refractivity contribution in [2.24, 2.45) is 0 Å². The van der Waals surface area contributed by atoms with Gasteiger partial charge in [0.05, 0.1) is 0 Å². The highest BCUT2D eigenvalue weighted by Crippen LogP contribution is 2.15. The van der Waals surface area contributed by atoms with Gasteiger partial charge in [0, 0.05) is 22.7 Å². The van der Waals surface area contributed by atoms with E-state index in [4.69, 9.17) is 0 Å². The maximum atomic E-state index is 3.41. The Hall–Kier alpha value is -2.02. The molecule has 3 rings (SSSR count). The Balaban J connectivity index is 1.77. The van der Waals surface area contributed by atoms with Crippen molar-refractivity contribution in [2.75, 3.05) is 0 Å². The summed E-state index contributed by atoms with van der Waals surface area (Å²) in [7, 11) is 0. The first-order chi connectivity index (χ1) is 8.42. The molecule has 1 N–H and O–H groups in total. The molecule has 0 aliphatic rings. The van der Waals surface area contributed by atoms with Crippen molar-refractivity contribution in [3.05, 3.63) is 71.9 Å². The van der Waals surface area contributed by atoms with Crippen LogP contribution in [-0.4, -0.2) is 4.98 Å². The quantitative estimate of drug-likeness (QED) is 0.692. The fourth-order valence-corrected chi connectivity index (χ4v) is 2.10. The zero-order valence-corrected chi connectivity index (χ0v) is 9.61. The third-order valence-electron chi connectivity index (χ3n) is 3.00. The first-order valence-corrected chi connectivity index (χ1v) is 5.95. The summed E-state index contributed by atoms with van der Waals surface area (Å²) in [6.45, 7) is 0. The molecule has 0 spiro atoms. The molecule has 2 aromatic carbocycles. The minimum atomic E-state index is 1.01. The minimum absolute atomic E-state index is 1.01. The number of fused-ring (bicyclic) bond motifs is 1. The maximum absolute atomic E-state index is 3.41. The molecule has 1 nitrogen and oxygen atoms in total. The van der Waals surface area contributed by atoms with Crippen LogP contribution < -0.4 is 0 Å². The molecular formula is C16H14N. The van der Waals surface area contributed by atoms with Crippen molar-refractivity contribution >= 4 is 10.9 Å². The molecule has 3 aromatic rings. The largest absolute Gasteiger partial charge is 0.358 e. The number of aromatic nitrogens is 1. The van der Waals surface area contributed by atoms with Gasteiger partial charge in [-0.05, 0) is 24.5 Å². The number of hydrogen-bond acceptors (Lipinski definition) is 0. The second kappa shape index (κ2) is 4.46. The summed E-state index contributed by atoms with van der Waals surface area (Å²) < 4.78 is 0. The van der Waals surface area contributed by atoms with E-state index in [-0.39, 0.29) is 0 Å². The van der Waals surface area contributed by atoms with Crippen molar-refractivity contribution in [1.82, 2.24) is 4.98 Å². The second-order valence-electron chi connectivity index (χ2n) is 4.26. The molecule has 1 aromatic heterocycles. The van der Waals surface area contributed by atoms with E-state index in [0.29, 0.717) is 0 Å². The smallest absolute Gasteiger partial charge is 0.0462 e. The van der Waals surface area contributed by atoms with Crippen LogP contribution in [0, 0.1) is 6.07 Å². The summed E-state index contributed by atoms with van der Waals surface area (Å²) in [5, 5.41) is 1.18. The molecule has 1 radical (unpaired) electrons. The molecule has 0 unspecified atom stereocenters. The van der Waals surface area contributed by atoms with Crippen molar-refractivity contribution in [2.45, 2.75) is 12.8 Å². The van der Waals surface area contributed by atoms with E-state index in [2.05, 4.69) is 53.5 Å². The van der Waals surface area contributed by atoms with Crippen LogP contribution in [0.25, 0.3) is 10.9 Å². The number of aromatic amines is 1. The molecule has 0 saturated heterocycles. The molecule has 83 valence electrons. The van der Waals surface area contributed by atoms with E-state index in [9.17, 15) is 0 Å². The van der Waals surface area contributed by atoms with Crippen molar-refractivity contribution in [1.29, 1.82) is 0 Å². The Morgan fingerprint density at radius 3 is 2.41 bits per heavy atom. The van der Waals surface area contributed by atoms with E-state index in [1.165, 1.54) is 22.2 Å². The van der Waals surface area contributed by atoms with E-state index >= 15 is 0 Å². The standard InChI is InChI=1S/C16H14N/c1-2-6-13(7-3-1)10-11-15-12-14-8-4-5-9-16(14)17-15/h1-9,17H,10-11H2. The van der Waals surface area contributed by atoms with Gasteiger partial charge in [-0.15, -0.1) is 0 Å². The lowest BCUT2D eigenvalue weighted by molar-refractivity contribution is 0.928. The van der Waals surface area contributed by atoms with Gasteiger partial charge >= 0.3 is 0 Å². The summed E-state index contributed by atoms with van der Waals surface area (Å²) in [5.41, 5.74) is 3.74. The molecular weight excluding hydrogens is 206 g/mol. The minimum Gasteiger partial charge on any atom is -0.358 e. The lowest BCUT2D eigenvalue weighted by Crippen LogP contribution is -1.90. The van der Waals surface area contributed by atoms with Gasteiger partial charge in [0.25, 0.3) is 0 Å². The van der Waals surface area contributed by atoms with Crippen LogP contribution in [0.5, 0.6) is 0 Å². The highest BCUT2D eigenvalue weighted by Gasteiger charge is 2.00. The number of nitrogens with one attached hydrogen (secondary N) is 1. The molecule has 0 amide bonds. The van der Waals surface area contributed by atoms with Crippen molar-refractivity contribution in [3.8, 4) is 0 Å². The highest BCUT2D eigenvalue weighted by molar-refractivity contribution is 5.79. The van der Waals surface area contributed by atoms with E-state index in [1.54, 1.807) is 0 Å².